The van der Waals surface area contributed by atoms with Crippen molar-refractivity contribution in [2.75, 3.05) is 5.32 Å². The van der Waals surface area contributed by atoms with Gasteiger partial charge in [-0.2, -0.15) is 0 Å². The van der Waals surface area contributed by atoms with Crippen LogP contribution >= 0.6 is 22.6 Å². The van der Waals surface area contributed by atoms with Gasteiger partial charge in [0.2, 0.25) is 5.91 Å². The van der Waals surface area contributed by atoms with Crippen molar-refractivity contribution < 1.29 is 14.3 Å². The number of hydrogen-bond acceptors (Lipinski definition) is 3. The Morgan fingerprint density at radius 2 is 1.95 bits per heavy atom. The molecule has 2 amide bonds. The molecule has 0 aliphatic carbocycles. The molecule has 2 N–H and O–H groups in total. The monoisotopic (exact) mass is 390 g/mol. The van der Waals surface area contributed by atoms with Crippen LogP contribution in [0.5, 0.6) is 0 Å². The van der Waals surface area contributed by atoms with E-state index in [2.05, 4.69) is 33.2 Å². The lowest BCUT2D eigenvalue weighted by atomic mass is 10.2. The number of nitrogens with one attached hydrogen (secondary N) is 2. The SMILES string of the molecule is CC(=O)Nc1ccc(CNC(=O)OC(C)(C)C)cc1I. The highest BCUT2D eigenvalue weighted by Gasteiger charge is 2.15. The van der Waals surface area contributed by atoms with Crippen LogP contribution < -0.4 is 10.6 Å². The molecule has 0 spiro atoms. The number of amides is 2. The Morgan fingerprint density at radius 3 is 2.45 bits per heavy atom. The van der Waals surface area contributed by atoms with Gasteiger partial charge in [0.1, 0.15) is 5.60 Å². The summed E-state index contributed by atoms with van der Waals surface area (Å²) in [6.07, 6.45) is -0.446. The second-order valence-corrected chi connectivity index (χ2v) is 6.51. The Balaban J connectivity index is 2.59. The van der Waals surface area contributed by atoms with Crippen LogP contribution in [0, 0.1) is 3.57 Å². The number of rotatable bonds is 3. The summed E-state index contributed by atoms with van der Waals surface area (Å²) in [5.74, 6) is -0.109. The molecule has 0 saturated heterocycles. The summed E-state index contributed by atoms with van der Waals surface area (Å²) in [6, 6.07) is 5.57. The van der Waals surface area contributed by atoms with Gasteiger partial charge in [0.25, 0.3) is 0 Å². The fourth-order valence-electron chi connectivity index (χ4n) is 1.45. The second kappa shape index (κ2) is 6.92. The first-order valence-electron chi connectivity index (χ1n) is 6.20. The summed E-state index contributed by atoms with van der Waals surface area (Å²) in [6.45, 7) is 7.30. The number of alkyl carbamates (subject to hydrolysis) is 1. The maximum atomic E-state index is 11.5. The molecule has 0 saturated carbocycles. The molecule has 0 aliphatic rings. The average Bonchev–Trinajstić information content (AvgIpc) is 2.27. The van der Waals surface area contributed by atoms with Crippen molar-refractivity contribution in [1.82, 2.24) is 5.32 Å². The van der Waals surface area contributed by atoms with Crippen molar-refractivity contribution in [1.29, 1.82) is 0 Å². The molecule has 0 fully saturated rings. The first-order chi connectivity index (χ1) is 9.17. The molecule has 1 aromatic rings. The summed E-state index contributed by atoms with van der Waals surface area (Å²) in [4.78, 5) is 22.5. The van der Waals surface area contributed by atoms with Crippen molar-refractivity contribution in [3.05, 3.63) is 27.3 Å². The molecule has 0 unspecified atom stereocenters. The summed E-state index contributed by atoms with van der Waals surface area (Å²) in [5, 5.41) is 5.43. The van der Waals surface area contributed by atoms with E-state index >= 15 is 0 Å². The van der Waals surface area contributed by atoms with Gasteiger partial charge in [-0.3, -0.25) is 4.79 Å². The van der Waals surface area contributed by atoms with Gasteiger partial charge in [-0.05, 0) is 61.1 Å². The van der Waals surface area contributed by atoms with Crippen LogP contribution in [0.3, 0.4) is 0 Å². The molecule has 5 nitrogen and oxygen atoms in total. The quantitative estimate of drug-likeness (QED) is 0.779. The number of carbonyl (C=O) groups is 2. The topological polar surface area (TPSA) is 67.4 Å². The maximum absolute atomic E-state index is 11.5. The second-order valence-electron chi connectivity index (χ2n) is 5.35. The zero-order chi connectivity index (χ0) is 15.3. The third-order valence-corrected chi connectivity index (χ3v) is 3.07. The van der Waals surface area contributed by atoms with E-state index < -0.39 is 11.7 Å². The van der Waals surface area contributed by atoms with Gasteiger partial charge in [-0.1, -0.05) is 6.07 Å². The third kappa shape index (κ3) is 6.23. The third-order valence-electron chi connectivity index (χ3n) is 2.18. The lowest BCUT2D eigenvalue weighted by Gasteiger charge is -2.19. The van der Waals surface area contributed by atoms with Gasteiger partial charge in [0.15, 0.2) is 0 Å². The van der Waals surface area contributed by atoms with E-state index in [1.54, 1.807) is 0 Å². The summed E-state index contributed by atoms with van der Waals surface area (Å²) in [5.41, 5.74) is 1.20. The van der Waals surface area contributed by atoms with E-state index in [4.69, 9.17) is 4.74 Å². The van der Waals surface area contributed by atoms with Crippen molar-refractivity contribution in [3.63, 3.8) is 0 Å². The zero-order valence-corrected chi connectivity index (χ0v) is 14.2. The molecule has 1 rings (SSSR count). The highest BCUT2D eigenvalue weighted by atomic mass is 127. The van der Waals surface area contributed by atoms with Crippen LogP contribution in [0.1, 0.15) is 33.3 Å². The van der Waals surface area contributed by atoms with E-state index in [1.165, 1.54) is 6.92 Å². The molecular weight excluding hydrogens is 371 g/mol. The van der Waals surface area contributed by atoms with Crippen molar-refractivity contribution in [3.8, 4) is 0 Å². The molecule has 0 atom stereocenters. The minimum atomic E-state index is -0.506. The van der Waals surface area contributed by atoms with Crippen LogP contribution in [0.4, 0.5) is 10.5 Å². The Labute approximate surface area is 132 Å². The molecule has 0 heterocycles. The summed E-state index contributed by atoms with van der Waals surface area (Å²) >= 11 is 2.14. The highest BCUT2D eigenvalue weighted by Crippen LogP contribution is 2.19. The van der Waals surface area contributed by atoms with Crippen LogP contribution in [0.25, 0.3) is 0 Å². The number of halogens is 1. The summed E-state index contributed by atoms with van der Waals surface area (Å²) < 4.78 is 6.07. The lowest BCUT2D eigenvalue weighted by Crippen LogP contribution is -2.32. The van der Waals surface area contributed by atoms with Crippen LogP contribution in [-0.2, 0) is 16.1 Å². The normalized spacial score (nSPS) is 10.8. The number of anilines is 1. The predicted octanol–water partition coefficient (Wildman–Crippen LogP) is 3.27. The number of hydrogen-bond donors (Lipinski definition) is 2. The number of ether oxygens (including phenoxy) is 1. The van der Waals surface area contributed by atoms with E-state index in [0.29, 0.717) is 6.54 Å². The Morgan fingerprint density at radius 1 is 1.30 bits per heavy atom. The smallest absolute Gasteiger partial charge is 0.407 e. The fourth-order valence-corrected chi connectivity index (χ4v) is 2.16. The van der Waals surface area contributed by atoms with Gasteiger partial charge in [0.05, 0.1) is 5.69 Å². The minimum Gasteiger partial charge on any atom is -0.444 e. The largest absolute Gasteiger partial charge is 0.444 e. The van der Waals surface area contributed by atoms with Crippen LogP contribution in [0.2, 0.25) is 0 Å². The zero-order valence-electron chi connectivity index (χ0n) is 12.0. The predicted molar refractivity (Wildman–Crippen MR) is 86.5 cm³/mol. The van der Waals surface area contributed by atoms with Gasteiger partial charge in [-0.25, -0.2) is 4.79 Å². The Kier molecular flexibility index (Phi) is 5.79. The van der Waals surface area contributed by atoms with Crippen molar-refractivity contribution >= 4 is 40.3 Å². The first-order valence-corrected chi connectivity index (χ1v) is 7.28. The van der Waals surface area contributed by atoms with Crippen molar-refractivity contribution in [2.24, 2.45) is 0 Å². The highest BCUT2D eigenvalue weighted by molar-refractivity contribution is 14.1. The standard InChI is InChI=1S/C14H19IN2O3/c1-9(18)17-12-6-5-10(7-11(12)15)8-16-13(19)20-14(2,3)4/h5-7H,8H2,1-4H3,(H,16,19)(H,17,18). The maximum Gasteiger partial charge on any atom is 0.407 e. The van der Waals surface area contributed by atoms with Crippen molar-refractivity contribution in [2.45, 2.75) is 39.8 Å². The average molecular weight is 390 g/mol. The van der Waals surface area contributed by atoms with E-state index in [1.807, 2.05) is 39.0 Å². The first kappa shape index (κ1) is 16.7. The number of carbonyl (C=O) groups excluding carboxylic acids is 2. The lowest BCUT2D eigenvalue weighted by molar-refractivity contribution is -0.114. The fraction of sp³-hybridized carbons (Fsp3) is 0.429. The van der Waals surface area contributed by atoms with E-state index in [-0.39, 0.29) is 5.91 Å². The van der Waals surface area contributed by atoms with Crippen LogP contribution in [0.15, 0.2) is 18.2 Å². The number of benzene rings is 1. The Bertz CT molecular complexity index is 510. The van der Waals surface area contributed by atoms with Gasteiger partial charge < -0.3 is 15.4 Å². The molecule has 110 valence electrons. The van der Waals surface area contributed by atoms with Crippen LogP contribution in [-0.4, -0.2) is 17.6 Å². The molecular formula is C14H19IN2O3. The molecule has 20 heavy (non-hydrogen) atoms. The molecule has 6 heteroatoms. The van der Waals surface area contributed by atoms with E-state index in [9.17, 15) is 9.59 Å². The molecule has 1 aromatic carbocycles. The van der Waals surface area contributed by atoms with Gasteiger partial charge in [0, 0.05) is 17.0 Å². The summed E-state index contributed by atoms with van der Waals surface area (Å²) in [7, 11) is 0. The minimum absolute atomic E-state index is 0.109. The molecule has 0 aromatic heterocycles. The van der Waals surface area contributed by atoms with E-state index in [0.717, 1.165) is 14.8 Å². The molecule has 0 radical (unpaired) electrons. The molecule has 0 bridgehead atoms. The molecule has 0 aliphatic heterocycles. The van der Waals surface area contributed by atoms with Gasteiger partial charge >= 0.3 is 6.09 Å². The Hall–Kier alpha value is -1.31. The van der Waals surface area contributed by atoms with Gasteiger partial charge in [-0.15, -0.1) is 0 Å².